The molecule has 2 aromatic rings. The van der Waals surface area contributed by atoms with Gasteiger partial charge in [0.25, 0.3) is 5.91 Å². The minimum atomic E-state index is -0.900. The lowest BCUT2D eigenvalue weighted by molar-refractivity contribution is -0.124. The second-order valence-electron chi connectivity index (χ2n) is 4.93. The summed E-state index contributed by atoms with van der Waals surface area (Å²) in [5.41, 5.74) is 6.94. The zero-order valence-corrected chi connectivity index (χ0v) is 13.3. The van der Waals surface area contributed by atoms with Crippen LogP contribution in [0.15, 0.2) is 48.5 Å². The molecule has 0 saturated carbocycles. The van der Waals surface area contributed by atoms with E-state index in [1.165, 1.54) is 6.07 Å². The van der Waals surface area contributed by atoms with E-state index in [1.54, 1.807) is 49.4 Å². The van der Waals surface area contributed by atoms with Gasteiger partial charge in [0.15, 0.2) is 6.10 Å². The summed E-state index contributed by atoms with van der Waals surface area (Å²) in [6.45, 7) is 1.76. The SMILES string of the molecule is CCC(OC(=O)c1cccc(N)c1)C(=O)Nc1cccc(Cl)c1. The zero-order valence-electron chi connectivity index (χ0n) is 12.6. The normalized spacial score (nSPS) is 11.6. The molecule has 1 unspecified atom stereocenters. The van der Waals surface area contributed by atoms with Crippen LogP contribution in [0.4, 0.5) is 11.4 Å². The lowest BCUT2D eigenvalue weighted by Crippen LogP contribution is -2.32. The number of carbonyl (C=O) groups is 2. The standard InChI is InChI=1S/C17H17ClN2O3/c1-2-15(16(21)20-14-8-4-6-12(18)10-14)23-17(22)11-5-3-7-13(19)9-11/h3-10,15H,2,19H2,1H3,(H,20,21). The Bertz CT molecular complexity index is 718. The first kappa shape index (κ1) is 16.8. The monoisotopic (exact) mass is 332 g/mol. The van der Waals surface area contributed by atoms with Gasteiger partial charge in [0, 0.05) is 16.4 Å². The highest BCUT2D eigenvalue weighted by molar-refractivity contribution is 6.30. The van der Waals surface area contributed by atoms with Gasteiger partial charge in [-0.05, 0) is 42.8 Å². The van der Waals surface area contributed by atoms with Gasteiger partial charge in [-0.3, -0.25) is 4.79 Å². The first-order chi connectivity index (χ1) is 11.0. The Hall–Kier alpha value is -2.53. The molecule has 1 amide bonds. The van der Waals surface area contributed by atoms with E-state index < -0.39 is 18.0 Å². The Kier molecular flexibility index (Phi) is 5.60. The number of carbonyl (C=O) groups excluding carboxylic acids is 2. The Morgan fingerprint density at radius 3 is 2.61 bits per heavy atom. The maximum atomic E-state index is 12.2. The van der Waals surface area contributed by atoms with E-state index in [0.29, 0.717) is 28.4 Å². The molecule has 0 aliphatic heterocycles. The lowest BCUT2D eigenvalue weighted by Gasteiger charge is -2.16. The minimum absolute atomic E-state index is 0.305. The third-order valence-electron chi connectivity index (χ3n) is 3.13. The maximum Gasteiger partial charge on any atom is 0.338 e. The van der Waals surface area contributed by atoms with Gasteiger partial charge in [0.1, 0.15) is 0 Å². The van der Waals surface area contributed by atoms with E-state index in [1.807, 2.05) is 0 Å². The molecule has 0 aliphatic carbocycles. The number of amides is 1. The molecule has 0 bridgehead atoms. The molecule has 3 N–H and O–H groups in total. The number of ether oxygens (including phenoxy) is 1. The molecule has 0 aliphatic rings. The average Bonchev–Trinajstić information content (AvgIpc) is 2.52. The summed E-state index contributed by atoms with van der Waals surface area (Å²) < 4.78 is 5.27. The molecule has 0 aromatic heterocycles. The molecule has 2 aromatic carbocycles. The first-order valence-electron chi connectivity index (χ1n) is 7.12. The molecule has 0 spiro atoms. The molecule has 0 saturated heterocycles. The molecular formula is C17H17ClN2O3. The molecule has 2 rings (SSSR count). The topological polar surface area (TPSA) is 81.4 Å². The Morgan fingerprint density at radius 1 is 1.22 bits per heavy atom. The number of nitrogen functional groups attached to an aromatic ring is 1. The van der Waals surface area contributed by atoms with Crippen LogP contribution in [0.5, 0.6) is 0 Å². The Balaban J connectivity index is 2.04. The van der Waals surface area contributed by atoms with Gasteiger partial charge in [-0.15, -0.1) is 0 Å². The summed E-state index contributed by atoms with van der Waals surface area (Å²) in [7, 11) is 0. The fourth-order valence-corrected chi connectivity index (χ4v) is 2.16. The third kappa shape index (κ3) is 4.72. The summed E-state index contributed by atoms with van der Waals surface area (Å²) in [6.07, 6.45) is -0.552. The molecule has 6 heteroatoms. The fourth-order valence-electron chi connectivity index (χ4n) is 1.97. The molecule has 23 heavy (non-hydrogen) atoms. The van der Waals surface area contributed by atoms with Crippen LogP contribution in [0, 0.1) is 0 Å². The first-order valence-corrected chi connectivity index (χ1v) is 7.50. The van der Waals surface area contributed by atoms with Crippen LogP contribution in [0.2, 0.25) is 5.02 Å². The highest BCUT2D eigenvalue weighted by Gasteiger charge is 2.22. The van der Waals surface area contributed by atoms with Gasteiger partial charge < -0.3 is 15.8 Å². The number of halogens is 1. The molecule has 0 heterocycles. The number of nitrogens with one attached hydrogen (secondary N) is 1. The van der Waals surface area contributed by atoms with Crippen molar-refractivity contribution in [1.82, 2.24) is 0 Å². The number of rotatable bonds is 5. The van der Waals surface area contributed by atoms with E-state index in [4.69, 9.17) is 22.1 Å². The quantitative estimate of drug-likeness (QED) is 0.648. The van der Waals surface area contributed by atoms with Gasteiger partial charge in [-0.1, -0.05) is 30.7 Å². The van der Waals surface area contributed by atoms with Gasteiger partial charge in [0.2, 0.25) is 0 Å². The van der Waals surface area contributed by atoms with Crippen LogP contribution in [0.3, 0.4) is 0 Å². The van der Waals surface area contributed by atoms with E-state index in [2.05, 4.69) is 5.32 Å². The number of benzene rings is 2. The van der Waals surface area contributed by atoms with Crippen LogP contribution in [0.25, 0.3) is 0 Å². The highest BCUT2D eigenvalue weighted by atomic mass is 35.5. The second kappa shape index (κ2) is 7.65. The summed E-state index contributed by atoms with van der Waals surface area (Å²) in [5.74, 6) is -1.00. The molecule has 0 radical (unpaired) electrons. The van der Waals surface area contributed by atoms with Gasteiger partial charge in [-0.2, -0.15) is 0 Å². The smallest absolute Gasteiger partial charge is 0.338 e. The van der Waals surface area contributed by atoms with Crippen molar-refractivity contribution in [1.29, 1.82) is 0 Å². The van der Waals surface area contributed by atoms with Crippen molar-refractivity contribution in [2.45, 2.75) is 19.4 Å². The van der Waals surface area contributed by atoms with Crippen LogP contribution < -0.4 is 11.1 Å². The predicted molar refractivity (Wildman–Crippen MR) is 90.4 cm³/mol. The Labute approximate surface area is 139 Å². The van der Waals surface area contributed by atoms with Crippen LogP contribution >= 0.6 is 11.6 Å². The number of esters is 1. The third-order valence-corrected chi connectivity index (χ3v) is 3.36. The summed E-state index contributed by atoms with van der Waals surface area (Å²) in [6, 6.07) is 13.1. The zero-order chi connectivity index (χ0) is 16.8. The molecule has 1 atom stereocenters. The van der Waals surface area contributed by atoms with E-state index >= 15 is 0 Å². The Morgan fingerprint density at radius 2 is 1.96 bits per heavy atom. The molecule has 120 valence electrons. The van der Waals surface area contributed by atoms with Crippen molar-refractivity contribution in [3.63, 3.8) is 0 Å². The minimum Gasteiger partial charge on any atom is -0.449 e. The average molecular weight is 333 g/mol. The van der Waals surface area contributed by atoms with Gasteiger partial charge in [-0.25, -0.2) is 4.79 Å². The lowest BCUT2D eigenvalue weighted by atomic mass is 10.2. The molecular weight excluding hydrogens is 316 g/mol. The van der Waals surface area contributed by atoms with Crippen LogP contribution in [-0.4, -0.2) is 18.0 Å². The van der Waals surface area contributed by atoms with Crippen molar-refractivity contribution in [3.8, 4) is 0 Å². The van der Waals surface area contributed by atoms with Crippen molar-refractivity contribution in [2.24, 2.45) is 0 Å². The number of hydrogen-bond donors (Lipinski definition) is 2. The highest BCUT2D eigenvalue weighted by Crippen LogP contribution is 2.16. The van der Waals surface area contributed by atoms with Crippen LogP contribution in [-0.2, 0) is 9.53 Å². The summed E-state index contributed by atoms with van der Waals surface area (Å²) in [5, 5.41) is 3.18. The number of hydrogen-bond acceptors (Lipinski definition) is 4. The van der Waals surface area contributed by atoms with E-state index in [0.717, 1.165) is 0 Å². The van der Waals surface area contributed by atoms with Gasteiger partial charge in [0.05, 0.1) is 5.56 Å². The maximum absolute atomic E-state index is 12.2. The number of nitrogens with two attached hydrogens (primary N) is 1. The molecule has 5 nitrogen and oxygen atoms in total. The summed E-state index contributed by atoms with van der Waals surface area (Å²) >= 11 is 5.87. The second-order valence-corrected chi connectivity index (χ2v) is 5.36. The van der Waals surface area contributed by atoms with Crippen molar-refractivity contribution >= 4 is 34.9 Å². The molecule has 0 fully saturated rings. The van der Waals surface area contributed by atoms with E-state index in [-0.39, 0.29) is 0 Å². The largest absolute Gasteiger partial charge is 0.449 e. The van der Waals surface area contributed by atoms with Crippen LogP contribution in [0.1, 0.15) is 23.7 Å². The van der Waals surface area contributed by atoms with Crippen molar-refractivity contribution < 1.29 is 14.3 Å². The van der Waals surface area contributed by atoms with Crippen molar-refractivity contribution in [2.75, 3.05) is 11.1 Å². The van der Waals surface area contributed by atoms with E-state index in [9.17, 15) is 9.59 Å². The number of anilines is 2. The predicted octanol–water partition coefficient (Wildman–Crippen LogP) is 3.50. The fraction of sp³-hybridized carbons (Fsp3) is 0.176. The summed E-state index contributed by atoms with van der Waals surface area (Å²) in [4.78, 5) is 24.3. The van der Waals surface area contributed by atoms with Gasteiger partial charge >= 0.3 is 5.97 Å². The van der Waals surface area contributed by atoms with Crippen molar-refractivity contribution in [3.05, 3.63) is 59.1 Å².